The van der Waals surface area contributed by atoms with Gasteiger partial charge < -0.3 is 5.11 Å². The van der Waals surface area contributed by atoms with Gasteiger partial charge in [0.15, 0.2) is 0 Å². The van der Waals surface area contributed by atoms with Gasteiger partial charge >= 0.3 is 5.97 Å². The Balaban J connectivity index is 2.23. The van der Waals surface area contributed by atoms with Gasteiger partial charge in [-0.2, -0.15) is 5.26 Å². The smallest absolute Gasteiger partial charge is 0.317 e. The zero-order chi connectivity index (χ0) is 9.68. The van der Waals surface area contributed by atoms with E-state index in [9.17, 15) is 4.79 Å². The summed E-state index contributed by atoms with van der Waals surface area (Å²) < 4.78 is 0. The Hall–Kier alpha value is -1.08. The highest BCUT2D eigenvalue weighted by Gasteiger charge is 2.19. The molecule has 1 saturated heterocycles. The SMILES string of the molecule is N#CCC1CCN(CC(=O)O)CC1. The van der Waals surface area contributed by atoms with Crippen molar-refractivity contribution in [3.05, 3.63) is 0 Å². The van der Waals surface area contributed by atoms with Gasteiger partial charge in [0.2, 0.25) is 0 Å². The number of carboxylic acids is 1. The standard InChI is InChI=1S/C9H14N2O2/c10-4-1-8-2-5-11(6-3-8)7-9(12)13/h8H,1-3,5-7H2,(H,12,13). The zero-order valence-corrected chi connectivity index (χ0v) is 7.57. The number of piperidine rings is 1. The van der Waals surface area contributed by atoms with E-state index >= 15 is 0 Å². The number of carboxylic acid groups (broad SMARTS) is 1. The molecule has 0 aromatic rings. The molecule has 0 aromatic heterocycles. The summed E-state index contributed by atoms with van der Waals surface area (Å²) in [5, 5.41) is 17.0. The van der Waals surface area contributed by atoms with Crippen LogP contribution in [0.3, 0.4) is 0 Å². The largest absolute Gasteiger partial charge is 0.480 e. The number of carbonyl (C=O) groups is 1. The summed E-state index contributed by atoms with van der Waals surface area (Å²) in [7, 11) is 0. The minimum atomic E-state index is -0.765. The Morgan fingerprint density at radius 1 is 1.54 bits per heavy atom. The van der Waals surface area contributed by atoms with E-state index in [2.05, 4.69) is 6.07 Å². The quantitative estimate of drug-likeness (QED) is 0.697. The third-order valence-corrected chi connectivity index (χ3v) is 2.45. The Morgan fingerprint density at radius 2 is 2.15 bits per heavy atom. The van der Waals surface area contributed by atoms with Crippen molar-refractivity contribution in [1.29, 1.82) is 5.26 Å². The van der Waals surface area contributed by atoms with Crippen LogP contribution in [-0.4, -0.2) is 35.6 Å². The molecule has 72 valence electrons. The lowest BCUT2D eigenvalue weighted by atomic mass is 9.94. The van der Waals surface area contributed by atoms with Gasteiger partial charge in [-0.1, -0.05) is 0 Å². The summed E-state index contributed by atoms with van der Waals surface area (Å²) in [5.74, 6) is -0.284. The van der Waals surface area contributed by atoms with E-state index in [0.29, 0.717) is 12.3 Å². The van der Waals surface area contributed by atoms with E-state index in [1.165, 1.54) is 0 Å². The van der Waals surface area contributed by atoms with Crippen LogP contribution in [0.1, 0.15) is 19.3 Å². The van der Waals surface area contributed by atoms with Crippen LogP contribution >= 0.6 is 0 Å². The van der Waals surface area contributed by atoms with Gasteiger partial charge in [0.25, 0.3) is 0 Å². The molecule has 0 aliphatic carbocycles. The van der Waals surface area contributed by atoms with Crippen LogP contribution in [-0.2, 0) is 4.79 Å². The number of hydrogen-bond acceptors (Lipinski definition) is 3. The minimum Gasteiger partial charge on any atom is -0.480 e. The highest BCUT2D eigenvalue weighted by molar-refractivity contribution is 5.69. The monoisotopic (exact) mass is 182 g/mol. The van der Waals surface area contributed by atoms with E-state index in [-0.39, 0.29) is 6.54 Å². The molecule has 0 radical (unpaired) electrons. The van der Waals surface area contributed by atoms with Crippen molar-refractivity contribution in [3.8, 4) is 6.07 Å². The summed E-state index contributed by atoms with van der Waals surface area (Å²) in [6.45, 7) is 1.77. The lowest BCUT2D eigenvalue weighted by molar-refractivity contribution is -0.138. The summed E-state index contributed by atoms with van der Waals surface area (Å²) in [4.78, 5) is 12.3. The molecule has 1 rings (SSSR count). The number of nitrogens with zero attached hydrogens (tertiary/aromatic N) is 2. The van der Waals surface area contributed by atoms with Gasteiger partial charge in [0, 0.05) is 6.42 Å². The van der Waals surface area contributed by atoms with Crippen LogP contribution in [0.15, 0.2) is 0 Å². The summed E-state index contributed by atoms with van der Waals surface area (Å²) >= 11 is 0. The molecule has 13 heavy (non-hydrogen) atoms. The molecule has 0 spiro atoms. The maximum Gasteiger partial charge on any atom is 0.317 e. The van der Waals surface area contributed by atoms with Crippen LogP contribution < -0.4 is 0 Å². The molecular formula is C9H14N2O2. The lowest BCUT2D eigenvalue weighted by Gasteiger charge is -2.29. The molecule has 0 amide bonds. The van der Waals surface area contributed by atoms with E-state index < -0.39 is 5.97 Å². The molecule has 0 aromatic carbocycles. The van der Waals surface area contributed by atoms with Crippen LogP contribution in [0.4, 0.5) is 0 Å². The van der Waals surface area contributed by atoms with Crippen molar-refractivity contribution >= 4 is 5.97 Å². The van der Waals surface area contributed by atoms with Crippen molar-refractivity contribution in [3.63, 3.8) is 0 Å². The number of likely N-dealkylation sites (tertiary alicyclic amines) is 1. The molecule has 0 atom stereocenters. The Labute approximate surface area is 77.8 Å². The fourth-order valence-corrected chi connectivity index (χ4v) is 1.67. The number of nitriles is 1. The number of hydrogen-bond donors (Lipinski definition) is 1. The van der Waals surface area contributed by atoms with Crippen LogP contribution in [0.5, 0.6) is 0 Å². The maximum absolute atomic E-state index is 10.4. The highest BCUT2D eigenvalue weighted by atomic mass is 16.4. The second-order valence-corrected chi connectivity index (χ2v) is 3.48. The molecule has 0 bridgehead atoms. The van der Waals surface area contributed by atoms with Crippen molar-refractivity contribution in [2.45, 2.75) is 19.3 Å². The van der Waals surface area contributed by atoms with Gasteiger partial charge in [0.05, 0.1) is 12.6 Å². The highest BCUT2D eigenvalue weighted by Crippen LogP contribution is 2.19. The predicted molar refractivity (Wildman–Crippen MR) is 47.0 cm³/mol. The summed E-state index contributed by atoms with van der Waals surface area (Å²) in [5.41, 5.74) is 0. The van der Waals surface area contributed by atoms with E-state index in [0.717, 1.165) is 25.9 Å². The third kappa shape index (κ3) is 3.43. The average molecular weight is 182 g/mol. The Kier molecular flexibility index (Phi) is 3.71. The first-order chi connectivity index (χ1) is 6.22. The van der Waals surface area contributed by atoms with Gasteiger partial charge in [-0.15, -0.1) is 0 Å². The van der Waals surface area contributed by atoms with Gasteiger partial charge in [0.1, 0.15) is 0 Å². The molecule has 0 saturated carbocycles. The van der Waals surface area contributed by atoms with Crippen LogP contribution in [0.25, 0.3) is 0 Å². The summed E-state index contributed by atoms with van der Waals surface area (Å²) in [6.07, 6.45) is 2.53. The lowest BCUT2D eigenvalue weighted by Crippen LogP contribution is -2.37. The Morgan fingerprint density at radius 3 is 2.62 bits per heavy atom. The predicted octanol–water partition coefficient (Wildman–Crippen LogP) is 0.697. The van der Waals surface area contributed by atoms with Crippen molar-refractivity contribution < 1.29 is 9.90 Å². The molecule has 1 fully saturated rings. The second-order valence-electron chi connectivity index (χ2n) is 3.48. The molecule has 1 aliphatic rings. The molecule has 1 N–H and O–H groups in total. The van der Waals surface area contributed by atoms with Gasteiger partial charge in [-0.05, 0) is 31.8 Å². The molecule has 0 unspecified atom stereocenters. The van der Waals surface area contributed by atoms with Gasteiger partial charge in [-0.25, -0.2) is 0 Å². The first-order valence-electron chi connectivity index (χ1n) is 4.53. The average Bonchev–Trinajstić information content (AvgIpc) is 2.08. The topological polar surface area (TPSA) is 64.3 Å². The first kappa shape index (κ1) is 10.0. The van der Waals surface area contributed by atoms with Crippen molar-refractivity contribution in [2.75, 3.05) is 19.6 Å². The number of rotatable bonds is 3. The van der Waals surface area contributed by atoms with Crippen LogP contribution in [0.2, 0.25) is 0 Å². The second kappa shape index (κ2) is 4.83. The molecule has 1 aliphatic heterocycles. The summed E-state index contributed by atoms with van der Waals surface area (Å²) in [6, 6.07) is 2.16. The fraction of sp³-hybridized carbons (Fsp3) is 0.778. The molecule has 1 heterocycles. The first-order valence-corrected chi connectivity index (χ1v) is 4.53. The minimum absolute atomic E-state index is 0.138. The van der Waals surface area contributed by atoms with E-state index in [1.54, 1.807) is 0 Å². The van der Waals surface area contributed by atoms with Crippen molar-refractivity contribution in [1.82, 2.24) is 4.90 Å². The molecular weight excluding hydrogens is 168 g/mol. The van der Waals surface area contributed by atoms with E-state index in [4.69, 9.17) is 10.4 Å². The van der Waals surface area contributed by atoms with E-state index in [1.807, 2.05) is 4.90 Å². The Bertz CT molecular complexity index is 214. The third-order valence-electron chi connectivity index (χ3n) is 2.45. The fourth-order valence-electron chi connectivity index (χ4n) is 1.67. The van der Waals surface area contributed by atoms with Gasteiger partial charge in [-0.3, -0.25) is 9.69 Å². The number of aliphatic carboxylic acids is 1. The molecule has 4 nitrogen and oxygen atoms in total. The zero-order valence-electron chi connectivity index (χ0n) is 7.57. The molecule has 4 heteroatoms. The van der Waals surface area contributed by atoms with Crippen LogP contribution in [0, 0.1) is 17.2 Å². The maximum atomic E-state index is 10.4. The normalized spacial score (nSPS) is 19.6. The van der Waals surface area contributed by atoms with Crippen molar-refractivity contribution in [2.24, 2.45) is 5.92 Å².